The van der Waals surface area contributed by atoms with Gasteiger partial charge < -0.3 is 21.9 Å². The molecule has 0 aliphatic carbocycles. The van der Waals surface area contributed by atoms with Crippen molar-refractivity contribution in [3.63, 3.8) is 0 Å². The van der Waals surface area contributed by atoms with Crippen molar-refractivity contribution in [3.8, 4) is 0 Å². The predicted molar refractivity (Wildman–Crippen MR) is 41.5 cm³/mol. The Balaban J connectivity index is 0.000000172. The van der Waals surface area contributed by atoms with Gasteiger partial charge in [-0.15, -0.1) is 0 Å². The van der Waals surface area contributed by atoms with E-state index in [1.807, 2.05) is 0 Å². The van der Waals surface area contributed by atoms with Gasteiger partial charge in [0.1, 0.15) is 0 Å². The van der Waals surface area contributed by atoms with Crippen LogP contribution in [0.4, 0.5) is 0 Å². The molecule has 0 spiro atoms. The Morgan fingerprint density at radius 2 is 1.80 bits per heavy atom. The van der Waals surface area contributed by atoms with E-state index in [4.69, 9.17) is 21.9 Å². The SMILES string of the molecule is CC1CO1.NCC(N)CN. The molecular weight excluding hydrogens is 130 g/mol. The van der Waals surface area contributed by atoms with E-state index in [1.165, 1.54) is 0 Å². The maximum atomic E-state index is 5.22. The molecule has 0 aromatic carbocycles. The van der Waals surface area contributed by atoms with Crippen LogP contribution in [0.15, 0.2) is 0 Å². The quantitative estimate of drug-likeness (QED) is 0.421. The smallest absolute Gasteiger partial charge is 0.0781 e. The van der Waals surface area contributed by atoms with Crippen LogP contribution in [0, 0.1) is 0 Å². The fraction of sp³-hybridized carbons (Fsp3) is 1.00. The highest BCUT2D eigenvalue weighted by Gasteiger charge is 2.13. The van der Waals surface area contributed by atoms with E-state index in [-0.39, 0.29) is 6.04 Å². The van der Waals surface area contributed by atoms with Gasteiger partial charge in [0.2, 0.25) is 0 Å². The van der Waals surface area contributed by atoms with Crippen LogP contribution >= 0.6 is 0 Å². The molecule has 0 radical (unpaired) electrons. The second-order valence-corrected chi connectivity index (χ2v) is 2.38. The van der Waals surface area contributed by atoms with E-state index in [1.54, 1.807) is 0 Å². The van der Waals surface area contributed by atoms with Gasteiger partial charge in [0.05, 0.1) is 12.7 Å². The molecule has 1 aliphatic rings. The van der Waals surface area contributed by atoms with E-state index < -0.39 is 0 Å². The lowest BCUT2D eigenvalue weighted by atomic mass is 10.3. The molecule has 1 rings (SSSR count). The molecule has 62 valence electrons. The second kappa shape index (κ2) is 5.61. The monoisotopic (exact) mass is 147 g/mol. The van der Waals surface area contributed by atoms with Crippen molar-refractivity contribution < 1.29 is 4.74 Å². The van der Waals surface area contributed by atoms with Crippen molar-refractivity contribution in [1.29, 1.82) is 0 Å². The normalized spacial score (nSPS) is 21.9. The molecule has 0 bridgehead atoms. The topological polar surface area (TPSA) is 90.6 Å². The first-order chi connectivity index (χ1) is 4.70. The third kappa shape index (κ3) is 7.84. The fourth-order valence-corrected chi connectivity index (χ4v) is 0.192. The van der Waals surface area contributed by atoms with Gasteiger partial charge in [-0.2, -0.15) is 0 Å². The van der Waals surface area contributed by atoms with Crippen LogP contribution in [-0.4, -0.2) is 31.8 Å². The molecule has 1 unspecified atom stereocenters. The standard InChI is InChI=1S/C3H11N3.C3H6O/c4-1-3(6)2-5;1-3-2-4-3/h3H,1-2,4-6H2;3H,2H2,1H3. The summed E-state index contributed by atoms with van der Waals surface area (Å²) in [5.41, 5.74) is 15.4. The number of nitrogens with two attached hydrogens (primary N) is 3. The van der Waals surface area contributed by atoms with Gasteiger partial charge in [-0.3, -0.25) is 0 Å². The first kappa shape index (κ1) is 9.84. The Kier molecular flexibility index (Phi) is 5.52. The van der Waals surface area contributed by atoms with Crippen LogP contribution in [-0.2, 0) is 4.74 Å². The number of ether oxygens (including phenoxy) is 1. The van der Waals surface area contributed by atoms with Crippen LogP contribution < -0.4 is 17.2 Å². The van der Waals surface area contributed by atoms with Crippen LogP contribution in [0.5, 0.6) is 0 Å². The minimum absolute atomic E-state index is 0.00926. The Morgan fingerprint density at radius 3 is 1.80 bits per heavy atom. The van der Waals surface area contributed by atoms with Gasteiger partial charge in [-0.1, -0.05) is 0 Å². The summed E-state index contributed by atoms with van der Waals surface area (Å²) in [7, 11) is 0. The first-order valence-electron chi connectivity index (χ1n) is 3.48. The third-order valence-corrected chi connectivity index (χ3v) is 1.11. The Labute approximate surface area is 61.7 Å². The molecule has 10 heavy (non-hydrogen) atoms. The maximum absolute atomic E-state index is 5.22. The highest BCUT2D eigenvalue weighted by Crippen LogP contribution is 2.04. The zero-order valence-electron chi connectivity index (χ0n) is 6.42. The van der Waals surface area contributed by atoms with Crippen LogP contribution in [0.2, 0.25) is 0 Å². The average Bonchev–Trinajstić information content (AvgIpc) is 2.71. The van der Waals surface area contributed by atoms with Crippen molar-refractivity contribution in [2.75, 3.05) is 19.7 Å². The van der Waals surface area contributed by atoms with Crippen molar-refractivity contribution in [3.05, 3.63) is 0 Å². The van der Waals surface area contributed by atoms with E-state index in [0.717, 1.165) is 6.61 Å². The molecule has 1 saturated heterocycles. The number of rotatable bonds is 2. The Morgan fingerprint density at radius 1 is 1.50 bits per heavy atom. The summed E-state index contributed by atoms with van der Waals surface area (Å²) in [5, 5.41) is 0. The number of epoxide rings is 1. The zero-order chi connectivity index (χ0) is 7.98. The van der Waals surface area contributed by atoms with Gasteiger partial charge >= 0.3 is 0 Å². The summed E-state index contributed by atoms with van der Waals surface area (Å²) in [4.78, 5) is 0. The van der Waals surface area contributed by atoms with Gasteiger partial charge in [-0.25, -0.2) is 0 Å². The van der Waals surface area contributed by atoms with Gasteiger partial charge in [0.25, 0.3) is 0 Å². The van der Waals surface area contributed by atoms with Gasteiger partial charge in [0, 0.05) is 19.1 Å². The van der Waals surface area contributed by atoms with Crippen molar-refractivity contribution >= 4 is 0 Å². The zero-order valence-corrected chi connectivity index (χ0v) is 6.42. The molecule has 0 aromatic heterocycles. The molecule has 4 nitrogen and oxygen atoms in total. The highest BCUT2D eigenvalue weighted by molar-refractivity contribution is 4.59. The average molecular weight is 147 g/mol. The molecule has 1 atom stereocenters. The van der Waals surface area contributed by atoms with E-state index in [9.17, 15) is 0 Å². The summed E-state index contributed by atoms with van der Waals surface area (Å²) in [5.74, 6) is 0. The minimum Gasteiger partial charge on any atom is -0.373 e. The molecular formula is C6H17N3O. The lowest BCUT2D eigenvalue weighted by Gasteiger charge is -1.99. The summed E-state index contributed by atoms with van der Waals surface area (Å²) in [6.45, 7) is 4.01. The highest BCUT2D eigenvalue weighted by atomic mass is 16.6. The number of hydrogen-bond donors (Lipinski definition) is 3. The lowest BCUT2D eigenvalue weighted by molar-refractivity contribution is 0.423. The maximum Gasteiger partial charge on any atom is 0.0781 e. The van der Waals surface area contributed by atoms with Crippen LogP contribution in [0.3, 0.4) is 0 Å². The summed E-state index contributed by atoms with van der Waals surface area (Å²) < 4.78 is 4.71. The number of hydrogen-bond acceptors (Lipinski definition) is 4. The van der Waals surface area contributed by atoms with E-state index in [2.05, 4.69) is 6.92 Å². The molecule has 1 fully saturated rings. The van der Waals surface area contributed by atoms with Crippen LogP contribution in [0.25, 0.3) is 0 Å². The summed E-state index contributed by atoms with van der Waals surface area (Å²) >= 11 is 0. The molecule has 1 aliphatic heterocycles. The molecule has 0 aromatic rings. The summed E-state index contributed by atoms with van der Waals surface area (Å²) in [6, 6.07) is -0.00926. The van der Waals surface area contributed by atoms with Crippen molar-refractivity contribution in [2.24, 2.45) is 17.2 Å². The Hall–Kier alpha value is -0.160. The molecule has 6 N–H and O–H groups in total. The molecule has 0 saturated carbocycles. The first-order valence-corrected chi connectivity index (χ1v) is 3.48. The van der Waals surface area contributed by atoms with Crippen molar-refractivity contribution in [1.82, 2.24) is 0 Å². The lowest BCUT2D eigenvalue weighted by Crippen LogP contribution is -2.36. The Bertz CT molecular complexity index is 71.4. The van der Waals surface area contributed by atoms with Crippen molar-refractivity contribution in [2.45, 2.75) is 19.1 Å². The molecule has 0 amide bonds. The van der Waals surface area contributed by atoms with Gasteiger partial charge in [-0.05, 0) is 6.92 Å². The predicted octanol–water partition coefficient (Wildman–Crippen LogP) is -1.36. The van der Waals surface area contributed by atoms with E-state index >= 15 is 0 Å². The van der Waals surface area contributed by atoms with Gasteiger partial charge in [0.15, 0.2) is 0 Å². The molecule has 4 heteroatoms. The fourth-order valence-electron chi connectivity index (χ4n) is 0.192. The largest absolute Gasteiger partial charge is 0.373 e. The third-order valence-electron chi connectivity index (χ3n) is 1.11. The second-order valence-electron chi connectivity index (χ2n) is 2.38. The van der Waals surface area contributed by atoms with E-state index in [0.29, 0.717) is 19.2 Å². The molecule has 1 heterocycles. The van der Waals surface area contributed by atoms with Crippen LogP contribution in [0.1, 0.15) is 6.92 Å². The minimum atomic E-state index is -0.00926. The summed E-state index contributed by atoms with van der Waals surface area (Å²) in [6.07, 6.45) is 0.583.